The van der Waals surface area contributed by atoms with Gasteiger partial charge in [-0.3, -0.25) is 5.43 Å². The fourth-order valence-corrected chi connectivity index (χ4v) is 2.54. The molecule has 0 saturated heterocycles. The summed E-state index contributed by atoms with van der Waals surface area (Å²) in [4.78, 5) is 10.9. The average Bonchev–Trinajstić information content (AvgIpc) is 2.54. The summed E-state index contributed by atoms with van der Waals surface area (Å²) in [5, 5.41) is 13.1. The summed E-state index contributed by atoms with van der Waals surface area (Å²) in [6, 6.07) is 10.0. The van der Waals surface area contributed by atoms with Crippen molar-refractivity contribution in [1.82, 2.24) is 0 Å². The minimum absolute atomic E-state index is 0.194. The van der Waals surface area contributed by atoms with Gasteiger partial charge in [-0.15, -0.1) is 0 Å². The van der Waals surface area contributed by atoms with Crippen LogP contribution in [0.2, 0.25) is 0 Å². The summed E-state index contributed by atoms with van der Waals surface area (Å²) < 4.78 is 11.2. The highest BCUT2D eigenvalue weighted by Gasteiger charge is 2.09. The molecule has 2 rings (SSSR count). The molecule has 2 aromatic carbocycles. The Morgan fingerprint density at radius 2 is 2.04 bits per heavy atom. The predicted octanol–water partition coefficient (Wildman–Crippen LogP) is 3.61. The van der Waals surface area contributed by atoms with Crippen molar-refractivity contribution in [3.8, 4) is 11.5 Å². The first-order valence-corrected chi connectivity index (χ1v) is 7.38. The molecule has 0 bridgehead atoms. The molecule has 0 atom stereocenters. The predicted molar refractivity (Wildman–Crippen MR) is 91.9 cm³/mol. The second-order valence-corrected chi connectivity index (χ2v) is 5.35. The first-order chi connectivity index (χ1) is 11.0. The topological polar surface area (TPSA) is 80.2 Å². The maximum absolute atomic E-state index is 10.9. The Morgan fingerprint density at radius 3 is 2.70 bits per heavy atom. The lowest BCUT2D eigenvalue weighted by Crippen LogP contribution is -1.98. The van der Waals surface area contributed by atoms with Gasteiger partial charge in [0, 0.05) is 0 Å². The van der Waals surface area contributed by atoms with Gasteiger partial charge in [-0.05, 0) is 51.8 Å². The summed E-state index contributed by atoms with van der Waals surface area (Å²) in [6.07, 6.45) is 1.60. The Labute approximate surface area is 141 Å². The van der Waals surface area contributed by atoms with Gasteiger partial charge in [0.15, 0.2) is 11.5 Å². The van der Waals surface area contributed by atoms with Crippen LogP contribution >= 0.6 is 15.9 Å². The Morgan fingerprint density at radius 1 is 1.26 bits per heavy atom. The van der Waals surface area contributed by atoms with Gasteiger partial charge in [0.2, 0.25) is 0 Å². The van der Waals surface area contributed by atoms with Gasteiger partial charge < -0.3 is 14.6 Å². The molecule has 2 N–H and O–H groups in total. The molecule has 0 aliphatic rings. The third kappa shape index (κ3) is 4.23. The standard InChI is InChI=1S/C16H15BrN2O4/c1-22-14-7-10(6-13(17)15(14)23-2)9-18-19-12-5-3-4-11(8-12)16(20)21/h3-9,19H,1-2H3,(H,20,21)/b18-9+. The lowest BCUT2D eigenvalue weighted by atomic mass is 10.2. The number of aromatic carboxylic acids is 1. The molecule has 0 heterocycles. The van der Waals surface area contributed by atoms with Crippen molar-refractivity contribution in [1.29, 1.82) is 0 Å². The van der Waals surface area contributed by atoms with Gasteiger partial charge in [-0.2, -0.15) is 5.10 Å². The number of ether oxygens (including phenoxy) is 2. The number of methoxy groups -OCH3 is 2. The van der Waals surface area contributed by atoms with E-state index in [1.165, 1.54) is 12.1 Å². The summed E-state index contributed by atoms with van der Waals surface area (Å²) >= 11 is 3.41. The van der Waals surface area contributed by atoms with Gasteiger partial charge in [-0.1, -0.05) is 6.07 Å². The van der Waals surface area contributed by atoms with Gasteiger partial charge in [0.05, 0.1) is 36.2 Å². The molecule has 0 spiro atoms. The molecule has 0 amide bonds. The monoisotopic (exact) mass is 378 g/mol. The minimum atomic E-state index is -0.985. The van der Waals surface area contributed by atoms with E-state index in [0.717, 1.165) is 10.0 Å². The number of nitrogens with zero attached hydrogens (tertiary/aromatic N) is 1. The Bertz CT molecular complexity index is 747. The quantitative estimate of drug-likeness (QED) is 0.592. The maximum atomic E-state index is 10.9. The number of hydrogen-bond acceptors (Lipinski definition) is 5. The lowest BCUT2D eigenvalue weighted by molar-refractivity contribution is 0.0697. The van der Waals surface area contributed by atoms with Crippen molar-refractivity contribution >= 4 is 33.8 Å². The summed E-state index contributed by atoms with van der Waals surface area (Å²) in [7, 11) is 3.12. The zero-order valence-electron chi connectivity index (χ0n) is 12.5. The fourth-order valence-electron chi connectivity index (χ4n) is 1.92. The molecule has 0 aromatic heterocycles. The molecule has 0 fully saturated rings. The highest BCUT2D eigenvalue weighted by atomic mass is 79.9. The highest BCUT2D eigenvalue weighted by Crippen LogP contribution is 2.35. The number of hydrazone groups is 1. The first kappa shape index (κ1) is 16.8. The van der Waals surface area contributed by atoms with E-state index in [0.29, 0.717) is 17.2 Å². The van der Waals surface area contributed by atoms with Crippen molar-refractivity contribution in [3.63, 3.8) is 0 Å². The van der Waals surface area contributed by atoms with E-state index >= 15 is 0 Å². The third-order valence-electron chi connectivity index (χ3n) is 2.97. The van der Waals surface area contributed by atoms with Crippen LogP contribution < -0.4 is 14.9 Å². The molecule has 0 radical (unpaired) electrons. The van der Waals surface area contributed by atoms with E-state index in [9.17, 15) is 4.79 Å². The number of carboxylic acid groups (broad SMARTS) is 1. The number of hydrogen-bond donors (Lipinski definition) is 2. The van der Waals surface area contributed by atoms with Crippen molar-refractivity contribution < 1.29 is 19.4 Å². The van der Waals surface area contributed by atoms with Gasteiger partial charge in [0.25, 0.3) is 0 Å². The van der Waals surface area contributed by atoms with E-state index < -0.39 is 5.97 Å². The van der Waals surface area contributed by atoms with Crippen LogP contribution in [0.25, 0.3) is 0 Å². The highest BCUT2D eigenvalue weighted by molar-refractivity contribution is 9.10. The number of carboxylic acids is 1. The molecule has 120 valence electrons. The van der Waals surface area contributed by atoms with Crippen LogP contribution in [-0.2, 0) is 0 Å². The minimum Gasteiger partial charge on any atom is -0.493 e. The van der Waals surface area contributed by atoms with E-state index in [1.807, 2.05) is 6.07 Å². The second kappa shape index (κ2) is 7.64. The molecule has 23 heavy (non-hydrogen) atoms. The number of anilines is 1. The molecular formula is C16H15BrN2O4. The zero-order chi connectivity index (χ0) is 16.8. The molecule has 0 saturated carbocycles. The number of nitrogens with one attached hydrogen (secondary N) is 1. The lowest BCUT2D eigenvalue weighted by Gasteiger charge is -2.10. The molecule has 0 aliphatic carbocycles. The number of halogens is 1. The van der Waals surface area contributed by atoms with Gasteiger partial charge in [-0.25, -0.2) is 4.79 Å². The van der Waals surface area contributed by atoms with Crippen LogP contribution in [0.15, 0.2) is 46.0 Å². The number of rotatable bonds is 6. The van der Waals surface area contributed by atoms with Gasteiger partial charge in [0.1, 0.15) is 0 Å². The smallest absolute Gasteiger partial charge is 0.335 e. The molecular weight excluding hydrogens is 364 g/mol. The van der Waals surface area contributed by atoms with Gasteiger partial charge >= 0.3 is 5.97 Å². The van der Waals surface area contributed by atoms with E-state index in [-0.39, 0.29) is 5.56 Å². The molecule has 7 heteroatoms. The van der Waals surface area contributed by atoms with Crippen molar-refractivity contribution in [2.75, 3.05) is 19.6 Å². The van der Waals surface area contributed by atoms with E-state index in [2.05, 4.69) is 26.5 Å². The van der Waals surface area contributed by atoms with E-state index in [1.54, 1.807) is 38.6 Å². The van der Waals surface area contributed by atoms with E-state index in [4.69, 9.17) is 14.6 Å². The Hall–Kier alpha value is -2.54. The largest absolute Gasteiger partial charge is 0.493 e. The van der Waals surface area contributed by atoms with Crippen LogP contribution in [-0.4, -0.2) is 31.5 Å². The molecule has 0 aliphatic heterocycles. The SMILES string of the molecule is COc1cc(/C=N/Nc2cccc(C(=O)O)c2)cc(Br)c1OC. The van der Waals surface area contributed by atoms with Crippen LogP contribution in [0.1, 0.15) is 15.9 Å². The average molecular weight is 379 g/mol. The number of benzene rings is 2. The summed E-state index contributed by atoms with van der Waals surface area (Å²) in [5.41, 5.74) is 4.36. The zero-order valence-corrected chi connectivity index (χ0v) is 14.1. The fraction of sp³-hybridized carbons (Fsp3) is 0.125. The van der Waals surface area contributed by atoms with Crippen LogP contribution in [0.5, 0.6) is 11.5 Å². The maximum Gasteiger partial charge on any atom is 0.335 e. The van der Waals surface area contributed by atoms with Crippen LogP contribution in [0.4, 0.5) is 5.69 Å². The molecule has 6 nitrogen and oxygen atoms in total. The van der Waals surface area contributed by atoms with Crippen LogP contribution in [0, 0.1) is 0 Å². The van der Waals surface area contributed by atoms with Crippen molar-refractivity contribution in [2.45, 2.75) is 0 Å². The third-order valence-corrected chi connectivity index (χ3v) is 3.56. The Balaban J connectivity index is 2.16. The molecule has 0 unspecified atom stereocenters. The first-order valence-electron chi connectivity index (χ1n) is 6.59. The second-order valence-electron chi connectivity index (χ2n) is 4.49. The number of carbonyl (C=O) groups is 1. The van der Waals surface area contributed by atoms with Crippen LogP contribution in [0.3, 0.4) is 0 Å². The molecule has 2 aromatic rings. The normalized spacial score (nSPS) is 10.6. The summed E-state index contributed by atoms with van der Waals surface area (Å²) in [5.74, 6) is 0.199. The summed E-state index contributed by atoms with van der Waals surface area (Å²) in [6.45, 7) is 0. The van der Waals surface area contributed by atoms with Crippen molar-refractivity contribution in [3.05, 3.63) is 52.0 Å². The Kier molecular flexibility index (Phi) is 5.59. The van der Waals surface area contributed by atoms with Crippen molar-refractivity contribution in [2.24, 2.45) is 5.10 Å².